The first-order valence-corrected chi connectivity index (χ1v) is 22.1. The number of allylic oxidation sites excluding steroid dienone is 5. The number of hydrogen-bond donors (Lipinski definition) is 3. The Morgan fingerprint density at radius 2 is 1.27 bits per heavy atom. The van der Waals surface area contributed by atoms with Gasteiger partial charge in [-0.05, 0) is 57.8 Å². The van der Waals surface area contributed by atoms with E-state index in [0.29, 0.717) is 29.7 Å². The molecular weight excluding hydrogens is 675 g/mol. The monoisotopic (exact) mass is 754 g/mol. The van der Waals surface area contributed by atoms with Crippen molar-refractivity contribution in [1.29, 1.82) is 0 Å². The highest BCUT2D eigenvalue weighted by Crippen LogP contribution is 2.43. The number of rotatable bonds is 35. The summed E-state index contributed by atoms with van der Waals surface area (Å²) in [6, 6.07) is -0.878. The molecule has 10 heteroatoms. The molecule has 0 spiro atoms. The number of carbonyl (C=O) groups excluding carboxylic acids is 1. The molecule has 3 unspecified atom stereocenters. The van der Waals surface area contributed by atoms with E-state index >= 15 is 0 Å². The summed E-state index contributed by atoms with van der Waals surface area (Å²) in [7, 11) is 1.52. The fraction of sp³-hybridized carbons (Fsp3) is 0.786. The van der Waals surface area contributed by atoms with Crippen LogP contribution in [-0.4, -0.2) is 85.6 Å². The van der Waals surface area contributed by atoms with Crippen molar-refractivity contribution < 1.29 is 37.6 Å². The molecule has 0 aromatic carbocycles. The van der Waals surface area contributed by atoms with Crippen LogP contribution in [0.5, 0.6) is 0 Å². The van der Waals surface area contributed by atoms with Crippen molar-refractivity contribution in [1.82, 2.24) is 5.32 Å². The Labute approximate surface area is 318 Å². The molecule has 0 radical (unpaired) electrons. The second kappa shape index (κ2) is 30.7. The topological polar surface area (TPSA) is 118 Å². The Hall–Kier alpha value is -1.58. The summed E-state index contributed by atoms with van der Waals surface area (Å²) in [6.07, 6.45) is 39.2. The van der Waals surface area contributed by atoms with Crippen LogP contribution in [0.2, 0.25) is 0 Å². The minimum Gasteiger partial charge on any atom is -0.387 e. The van der Waals surface area contributed by atoms with E-state index in [0.717, 1.165) is 44.9 Å². The minimum atomic E-state index is -4.35. The number of phosphoric ester groups is 1. The van der Waals surface area contributed by atoms with Gasteiger partial charge in [0.1, 0.15) is 13.2 Å². The van der Waals surface area contributed by atoms with Crippen molar-refractivity contribution in [3.05, 3.63) is 48.6 Å². The van der Waals surface area contributed by atoms with E-state index in [1.165, 1.54) is 77.0 Å². The van der Waals surface area contributed by atoms with Crippen LogP contribution in [0, 0.1) is 0 Å². The molecule has 1 saturated heterocycles. The lowest BCUT2D eigenvalue weighted by Gasteiger charge is -2.25. The zero-order valence-corrected chi connectivity index (χ0v) is 34.6. The van der Waals surface area contributed by atoms with Gasteiger partial charge in [-0.2, -0.15) is 0 Å². The second-order valence-corrected chi connectivity index (χ2v) is 16.9. The molecule has 52 heavy (non-hydrogen) atoms. The Morgan fingerprint density at radius 3 is 1.92 bits per heavy atom. The van der Waals surface area contributed by atoms with Gasteiger partial charge in [0.15, 0.2) is 0 Å². The smallest absolute Gasteiger partial charge is 0.387 e. The average Bonchev–Trinajstić information content (AvgIpc) is 3.84. The van der Waals surface area contributed by atoms with Gasteiger partial charge in [0.2, 0.25) is 5.91 Å². The van der Waals surface area contributed by atoms with Crippen LogP contribution >= 0.6 is 7.82 Å². The van der Waals surface area contributed by atoms with Gasteiger partial charge in [0.25, 0.3) is 0 Å². The van der Waals surface area contributed by atoms with E-state index in [9.17, 15) is 19.4 Å². The number of nitrogens with one attached hydrogen (secondary N) is 1. The number of hydrogen-bond acceptors (Lipinski definition) is 6. The van der Waals surface area contributed by atoms with Gasteiger partial charge in [-0.1, -0.05) is 133 Å². The largest absolute Gasteiger partial charge is 0.472 e. The first-order valence-electron chi connectivity index (χ1n) is 20.6. The lowest BCUT2D eigenvalue weighted by atomic mass is 10.1. The summed E-state index contributed by atoms with van der Waals surface area (Å²) in [6.45, 7) is 4.70. The van der Waals surface area contributed by atoms with Gasteiger partial charge in [0, 0.05) is 6.42 Å². The molecule has 0 aromatic rings. The van der Waals surface area contributed by atoms with Gasteiger partial charge in [-0.15, -0.1) is 0 Å². The molecular formula is C42H78N2O7P+. The highest BCUT2D eigenvalue weighted by molar-refractivity contribution is 7.47. The second-order valence-electron chi connectivity index (χ2n) is 15.4. The highest BCUT2D eigenvalue weighted by Gasteiger charge is 2.36. The van der Waals surface area contributed by atoms with Crippen LogP contribution in [0.1, 0.15) is 149 Å². The van der Waals surface area contributed by atoms with Gasteiger partial charge >= 0.3 is 7.82 Å². The fourth-order valence-corrected chi connectivity index (χ4v) is 6.46. The van der Waals surface area contributed by atoms with Gasteiger partial charge < -0.3 is 24.5 Å². The van der Waals surface area contributed by atoms with Gasteiger partial charge in [-0.25, -0.2) is 4.57 Å². The van der Waals surface area contributed by atoms with Crippen molar-refractivity contribution >= 4 is 13.7 Å². The number of carbonyl (C=O) groups is 1. The number of aliphatic hydroxyl groups excluding tert-OH is 1. The molecule has 1 heterocycles. The average molecular weight is 754 g/mol. The Morgan fingerprint density at radius 1 is 0.750 bits per heavy atom. The molecule has 5 atom stereocenters. The van der Waals surface area contributed by atoms with Crippen LogP contribution in [0.3, 0.4) is 0 Å². The van der Waals surface area contributed by atoms with Gasteiger partial charge in [-0.3, -0.25) is 13.8 Å². The third-order valence-corrected chi connectivity index (χ3v) is 10.2. The van der Waals surface area contributed by atoms with E-state index < -0.39 is 20.0 Å². The molecule has 9 nitrogen and oxygen atoms in total. The summed E-state index contributed by atoms with van der Waals surface area (Å²) < 4.78 is 29.2. The molecule has 302 valence electrons. The SMILES string of the molecule is CCCCC/C=C\CC1OC1C/C=C\C/C=C\CCCC(=O)N[C@@H](COP(=O)(O)OCC[N+](C)(C)C)[C@H](O)/C=C/CCCCCCCCCCCC. The lowest BCUT2D eigenvalue weighted by molar-refractivity contribution is -0.870. The van der Waals surface area contributed by atoms with Crippen molar-refractivity contribution in [2.75, 3.05) is 40.9 Å². The normalized spacial score (nSPS) is 18.9. The number of epoxide rings is 1. The van der Waals surface area contributed by atoms with Crippen LogP contribution in [0.15, 0.2) is 48.6 Å². The maximum Gasteiger partial charge on any atom is 0.472 e. The minimum absolute atomic E-state index is 0.0471. The number of amides is 1. The third-order valence-electron chi connectivity index (χ3n) is 9.20. The number of quaternary nitrogens is 1. The van der Waals surface area contributed by atoms with E-state index in [1.807, 2.05) is 27.2 Å². The zero-order valence-electron chi connectivity index (χ0n) is 33.7. The number of unbranched alkanes of at least 4 members (excludes halogenated alkanes) is 14. The van der Waals surface area contributed by atoms with Crippen LogP contribution in [0.4, 0.5) is 0 Å². The van der Waals surface area contributed by atoms with E-state index in [1.54, 1.807) is 6.08 Å². The van der Waals surface area contributed by atoms with Crippen LogP contribution in [-0.2, 0) is 23.1 Å². The first kappa shape index (κ1) is 48.4. The molecule has 1 fully saturated rings. The quantitative estimate of drug-likeness (QED) is 0.0194. The maximum atomic E-state index is 12.8. The van der Waals surface area contributed by atoms with E-state index in [2.05, 4.69) is 55.6 Å². The fourth-order valence-electron chi connectivity index (χ4n) is 5.72. The summed E-state index contributed by atoms with van der Waals surface area (Å²) in [5, 5.41) is 13.7. The van der Waals surface area contributed by atoms with Crippen molar-refractivity contribution in [2.24, 2.45) is 0 Å². The molecule has 1 aliphatic rings. The predicted octanol–water partition coefficient (Wildman–Crippen LogP) is 9.90. The van der Waals surface area contributed by atoms with Crippen molar-refractivity contribution in [3.8, 4) is 0 Å². The molecule has 1 amide bonds. The standard InChI is InChI=1S/C42H77N2O7P/c1-6-8-10-12-14-15-16-17-18-20-23-27-31-39(45)38(37-50-52(47,48)49-36-35-44(3,4)5)43-42(46)34-30-26-22-19-21-25-29-33-41-40(51-41)32-28-24-13-11-9-7-2/h19,22,24-25,27-29,31,38-41,45H,6-18,20-21,23,26,30,32-37H2,1-5H3,(H-,43,46,47,48)/p+1/b22-19-,28-24-,29-25-,31-27+/t38-,39+,40?,41?/m0/s1. The molecule has 1 aliphatic heterocycles. The third kappa shape index (κ3) is 29.8. The van der Waals surface area contributed by atoms with Crippen molar-refractivity contribution in [2.45, 2.75) is 173 Å². The zero-order chi connectivity index (χ0) is 38.3. The molecule has 0 bridgehead atoms. The molecule has 0 aromatic heterocycles. The maximum absolute atomic E-state index is 12.8. The van der Waals surface area contributed by atoms with E-state index in [4.69, 9.17) is 13.8 Å². The molecule has 1 rings (SSSR count). The van der Waals surface area contributed by atoms with E-state index in [-0.39, 0.29) is 25.5 Å². The predicted molar refractivity (Wildman–Crippen MR) is 216 cm³/mol. The van der Waals surface area contributed by atoms with Gasteiger partial charge in [0.05, 0.1) is 52.1 Å². The molecule has 0 aliphatic carbocycles. The Kier molecular flexibility index (Phi) is 28.6. The number of ether oxygens (including phenoxy) is 1. The van der Waals surface area contributed by atoms with Crippen LogP contribution in [0.25, 0.3) is 0 Å². The Bertz CT molecular complexity index is 1060. The first-order chi connectivity index (χ1) is 25.0. The lowest BCUT2D eigenvalue weighted by Crippen LogP contribution is -2.45. The highest BCUT2D eigenvalue weighted by atomic mass is 31.2. The van der Waals surface area contributed by atoms with Crippen LogP contribution < -0.4 is 5.32 Å². The Balaban J connectivity index is 2.40. The molecule has 3 N–H and O–H groups in total. The van der Waals surface area contributed by atoms with Crippen molar-refractivity contribution in [3.63, 3.8) is 0 Å². The summed E-state index contributed by atoms with van der Waals surface area (Å²) >= 11 is 0. The summed E-state index contributed by atoms with van der Waals surface area (Å²) in [4.78, 5) is 23.0. The summed E-state index contributed by atoms with van der Waals surface area (Å²) in [5.41, 5.74) is 0. The number of phosphoric acid groups is 1. The molecule has 0 saturated carbocycles. The number of nitrogens with zero attached hydrogens (tertiary/aromatic N) is 1. The number of aliphatic hydroxyl groups is 1. The number of likely N-dealkylation sites (N-methyl/N-ethyl adjacent to an activating group) is 1. The summed E-state index contributed by atoms with van der Waals surface area (Å²) in [5.74, 6) is -0.238.